The Labute approximate surface area is 101 Å². The molecule has 0 amide bonds. The molecule has 0 radical (unpaired) electrons. The van der Waals surface area contributed by atoms with Gasteiger partial charge in [-0.05, 0) is 19.3 Å². The van der Waals surface area contributed by atoms with Crippen LogP contribution in [0.15, 0.2) is 0 Å². The maximum Gasteiger partial charge on any atom is 0.140 e. The second-order valence-electron chi connectivity index (χ2n) is 4.78. The molecular weight excluding hydrogens is 198 g/mol. The first kappa shape index (κ1) is 15.6. The first-order valence-corrected chi connectivity index (χ1v) is 6.90. The lowest BCUT2D eigenvalue weighted by Gasteiger charge is -2.28. The summed E-state index contributed by atoms with van der Waals surface area (Å²) in [4.78, 5) is 12.1. The van der Waals surface area contributed by atoms with Crippen molar-refractivity contribution in [1.29, 1.82) is 0 Å². The molecule has 0 rings (SSSR count). The van der Waals surface area contributed by atoms with Gasteiger partial charge in [0.15, 0.2) is 0 Å². The molecule has 0 aliphatic heterocycles. The Morgan fingerprint density at radius 2 is 1.56 bits per heavy atom. The summed E-state index contributed by atoms with van der Waals surface area (Å²) < 4.78 is 0. The third kappa shape index (κ3) is 4.65. The van der Waals surface area contributed by atoms with E-state index in [1.165, 1.54) is 25.7 Å². The molecule has 0 spiro atoms. The van der Waals surface area contributed by atoms with E-state index in [4.69, 9.17) is 5.73 Å². The third-order valence-corrected chi connectivity index (χ3v) is 3.84. The fraction of sp³-hybridized carbons (Fsp3) is 0.929. The Balaban J connectivity index is 3.93. The van der Waals surface area contributed by atoms with Crippen LogP contribution >= 0.6 is 0 Å². The molecule has 0 bridgehead atoms. The highest BCUT2D eigenvalue weighted by Gasteiger charge is 2.31. The molecule has 0 aromatic carbocycles. The van der Waals surface area contributed by atoms with Crippen molar-refractivity contribution in [3.8, 4) is 0 Å². The molecule has 0 aromatic rings. The first-order valence-electron chi connectivity index (χ1n) is 6.90. The SMILES string of the molecule is CCCCCCCC(=O)C(CC)(CC)CN. The van der Waals surface area contributed by atoms with Crippen LogP contribution in [0.4, 0.5) is 0 Å². The zero-order valence-corrected chi connectivity index (χ0v) is 11.3. The number of hydrogen-bond donors (Lipinski definition) is 1. The average Bonchev–Trinajstić information content (AvgIpc) is 2.32. The van der Waals surface area contributed by atoms with Crippen LogP contribution in [-0.4, -0.2) is 12.3 Å². The van der Waals surface area contributed by atoms with Crippen LogP contribution in [0.2, 0.25) is 0 Å². The predicted molar refractivity (Wildman–Crippen MR) is 70.5 cm³/mol. The molecule has 0 saturated carbocycles. The summed E-state index contributed by atoms with van der Waals surface area (Å²) in [6.07, 6.45) is 8.53. The lowest BCUT2D eigenvalue weighted by Crippen LogP contribution is -2.37. The van der Waals surface area contributed by atoms with Gasteiger partial charge in [0, 0.05) is 18.4 Å². The minimum Gasteiger partial charge on any atom is -0.329 e. The lowest BCUT2D eigenvalue weighted by atomic mass is 9.76. The van der Waals surface area contributed by atoms with E-state index in [-0.39, 0.29) is 5.41 Å². The van der Waals surface area contributed by atoms with E-state index in [1.807, 2.05) is 0 Å². The second kappa shape index (κ2) is 8.74. The molecule has 2 heteroatoms. The maximum atomic E-state index is 12.1. The van der Waals surface area contributed by atoms with Gasteiger partial charge in [0.2, 0.25) is 0 Å². The number of carbonyl (C=O) groups excluding carboxylic acids is 1. The van der Waals surface area contributed by atoms with Crippen molar-refractivity contribution < 1.29 is 4.79 Å². The Morgan fingerprint density at radius 3 is 2.00 bits per heavy atom. The van der Waals surface area contributed by atoms with Crippen LogP contribution in [0, 0.1) is 5.41 Å². The van der Waals surface area contributed by atoms with Crippen LogP contribution in [0.5, 0.6) is 0 Å². The van der Waals surface area contributed by atoms with E-state index in [2.05, 4.69) is 20.8 Å². The highest BCUT2D eigenvalue weighted by atomic mass is 16.1. The van der Waals surface area contributed by atoms with Crippen molar-refractivity contribution in [2.75, 3.05) is 6.54 Å². The molecule has 0 saturated heterocycles. The van der Waals surface area contributed by atoms with E-state index < -0.39 is 0 Å². The number of nitrogens with two attached hydrogens (primary N) is 1. The number of carbonyl (C=O) groups is 1. The Bertz CT molecular complexity index is 177. The van der Waals surface area contributed by atoms with Crippen LogP contribution in [0.1, 0.15) is 72.1 Å². The summed E-state index contributed by atoms with van der Waals surface area (Å²) >= 11 is 0. The van der Waals surface area contributed by atoms with Crippen molar-refractivity contribution in [3.63, 3.8) is 0 Å². The summed E-state index contributed by atoms with van der Waals surface area (Å²) in [5.74, 6) is 0.386. The van der Waals surface area contributed by atoms with Gasteiger partial charge in [-0.1, -0.05) is 46.5 Å². The van der Waals surface area contributed by atoms with Crippen molar-refractivity contribution >= 4 is 5.78 Å². The second-order valence-corrected chi connectivity index (χ2v) is 4.78. The number of Topliss-reactive ketones (excluding diaryl/α,β-unsaturated/α-hetero) is 1. The molecule has 0 aromatic heterocycles. The number of unbranched alkanes of at least 4 members (excludes halogenated alkanes) is 4. The molecule has 0 unspecified atom stereocenters. The van der Waals surface area contributed by atoms with Gasteiger partial charge < -0.3 is 5.73 Å². The molecule has 2 nitrogen and oxygen atoms in total. The van der Waals surface area contributed by atoms with Crippen LogP contribution in [-0.2, 0) is 4.79 Å². The summed E-state index contributed by atoms with van der Waals surface area (Å²) in [5.41, 5.74) is 5.53. The lowest BCUT2D eigenvalue weighted by molar-refractivity contribution is -0.128. The third-order valence-electron chi connectivity index (χ3n) is 3.84. The summed E-state index contributed by atoms with van der Waals surface area (Å²) in [7, 11) is 0. The molecule has 0 atom stereocenters. The summed E-state index contributed by atoms with van der Waals surface area (Å²) in [6.45, 7) is 6.86. The van der Waals surface area contributed by atoms with E-state index in [9.17, 15) is 4.79 Å². The van der Waals surface area contributed by atoms with E-state index in [0.717, 1.165) is 25.7 Å². The van der Waals surface area contributed by atoms with Gasteiger partial charge in [-0.15, -0.1) is 0 Å². The van der Waals surface area contributed by atoms with Crippen LogP contribution in [0.25, 0.3) is 0 Å². The minimum atomic E-state index is -0.231. The quantitative estimate of drug-likeness (QED) is 0.578. The topological polar surface area (TPSA) is 43.1 Å². The van der Waals surface area contributed by atoms with Gasteiger partial charge in [0.25, 0.3) is 0 Å². The minimum absolute atomic E-state index is 0.231. The maximum absolute atomic E-state index is 12.1. The van der Waals surface area contributed by atoms with Gasteiger partial charge in [-0.3, -0.25) is 4.79 Å². The van der Waals surface area contributed by atoms with Crippen molar-refractivity contribution in [1.82, 2.24) is 0 Å². The van der Waals surface area contributed by atoms with Crippen molar-refractivity contribution in [2.24, 2.45) is 11.1 Å². The summed E-state index contributed by atoms with van der Waals surface area (Å²) in [5, 5.41) is 0. The van der Waals surface area contributed by atoms with E-state index >= 15 is 0 Å². The van der Waals surface area contributed by atoms with Gasteiger partial charge >= 0.3 is 0 Å². The molecule has 0 heterocycles. The number of ketones is 1. The first-order chi connectivity index (χ1) is 7.66. The van der Waals surface area contributed by atoms with Crippen LogP contribution in [0.3, 0.4) is 0 Å². The van der Waals surface area contributed by atoms with Crippen molar-refractivity contribution in [3.05, 3.63) is 0 Å². The van der Waals surface area contributed by atoms with Gasteiger partial charge in [-0.25, -0.2) is 0 Å². The Morgan fingerprint density at radius 1 is 1.00 bits per heavy atom. The normalized spacial score (nSPS) is 11.8. The van der Waals surface area contributed by atoms with E-state index in [0.29, 0.717) is 12.3 Å². The van der Waals surface area contributed by atoms with E-state index in [1.54, 1.807) is 0 Å². The van der Waals surface area contributed by atoms with Crippen LogP contribution < -0.4 is 5.73 Å². The molecule has 0 aliphatic rings. The predicted octanol–water partition coefficient (Wildman–Crippen LogP) is 3.68. The fourth-order valence-corrected chi connectivity index (χ4v) is 2.20. The molecule has 16 heavy (non-hydrogen) atoms. The van der Waals surface area contributed by atoms with Crippen molar-refractivity contribution in [2.45, 2.75) is 72.1 Å². The molecule has 96 valence electrons. The highest BCUT2D eigenvalue weighted by Crippen LogP contribution is 2.28. The number of hydrogen-bond acceptors (Lipinski definition) is 2. The standard InChI is InChI=1S/C14H29NO/c1-4-7-8-9-10-11-13(16)14(5-2,6-3)12-15/h4-12,15H2,1-3H3. The molecule has 0 fully saturated rings. The van der Waals surface area contributed by atoms with Gasteiger partial charge in [0.1, 0.15) is 5.78 Å². The monoisotopic (exact) mass is 227 g/mol. The van der Waals surface area contributed by atoms with Gasteiger partial charge in [-0.2, -0.15) is 0 Å². The Kier molecular flexibility index (Phi) is 8.54. The molecule has 0 aliphatic carbocycles. The summed E-state index contributed by atoms with van der Waals surface area (Å²) in [6, 6.07) is 0. The molecule has 2 N–H and O–H groups in total. The zero-order valence-electron chi connectivity index (χ0n) is 11.3. The van der Waals surface area contributed by atoms with Gasteiger partial charge in [0.05, 0.1) is 0 Å². The Hall–Kier alpha value is -0.370. The largest absolute Gasteiger partial charge is 0.329 e. The number of rotatable bonds is 10. The highest BCUT2D eigenvalue weighted by molar-refractivity contribution is 5.84. The smallest absolute Gasteiger partial charge is 0.140 e. The zero-order chi connectivity index (χ0) is 12.4. The average molecular weight is 227 g/mol. The molecular formula is C14H29NO. The fourth-order valence-electron chi connectivity index (χ4n) is 2.20.